The molecule has 2 aromatic carbocycles. The molecule has 0 saturated heterocycles. The smallest absolute Gasteiger partial charge is 0.246 e. The molecule has 4 nitrogen and oxygen atoms in total. The van der Waals surface area contributed by atoms with Crippen molar-refractivity contribution < 1.29 is 9.53 Å². The average Bonchev–Trinajstić information content (AvgIpc) is 2.50. The summed E-state index contributed by atoms with van der Waals surface area (Å²) in [6, 6.07) is 14.6. The number of anilines is 2. The van der Waals surface area contributed by atoms with Crippen molar-refractivity contribution in [3.8, 4) is 5.75 Å². The molecule has 0 aliphatic heterocycles. The van der Waals surface area contributed by atoms with Crippen LogP contribution in [0.1, 0.15) is 6.92 Å². The lowest BCUT2D eigenvalue weighted by atomic mass is 10.2. The number of benzene rings is 2. The molecule has 1 atom stereocenters. The van der Waals surface area contributed by atoms with E-state index >= 15 is 0 Å². The van der Waals surface area contributed by atoms with Crippen LogP contribution in [0.2, 0.25) is 0 Å². The third-order valence-electron chi connectivity index (χ3n) is 2.99. The van der Waals surface area contributed by atoms with Crippen LogP contribution < -0.4 is 15.4 Å². The van der Waals surface area contributed by atoms with Crippen molar-refractivity contribution in [1.29, 1.82) is 0 Å². The van der Waals surface area contributed by atoms with Gasteiger partial charge in [0, 0.05) is 10.2 Å². The Morgan fingerprint density at radius 1 is 1.14 bits per heavy atom. The third kappa shape index (κ3) is 4.23. The number of methoxy groups -OCH3 is 1. The van der Waals surface area contributed by atoms with Crippen molar-refractivity contribution in [3.63, 3.8) is 0 Å². The second kappa shape index (κ2) is 7.13. The lowest BCUT2D eigenvalue weighted by molar-refractivity contribution is -0.116. The highest BCUT2D eigenvalue weighted by Crippen LogP contribution is 2.23. The maximum atomic E-state index is 12.2. The summed E-state index contributed by atoms with van der Waals surface area (Å²) in [5, 5.41) is 6.01. The van der Waals surface area contributed by atoms with E-state index in [1.807, 2.05) is 55.5 Å². The van der Waals surface area contributed by atoms with Gasteiger partial charge in [-0.05, 0) is 43.3 Å². The van der Waals surface area contributed by atoms with Gasteiger partial charge in [-0.15, -0.1) is 0 Å². The van der Waals surface area contributed by atoms with Crippen LogP contribution >= 0.6 is 15.9 Å². The summed E-state index contributed by atoms with van der Waals surface area (Å²) in [5.74, 6) is 0.518. The van der Waals surface area contributed by atoms with Crippen molar-refractivity contribution in [3.05, 3.63) is 53.0 Å². The standard InChI is InChI=1S/C16H17BrN2O2/c1-11(18-13-9-7-12(17)8-10-13)16(20)19-14-5-3-4-6-15(14)21-2/h3-11,18H,1-2H3,(H,19,20). The van der Waals surface area contributed by atoms with E-state index in [9.17, 15) is 4.79 Å². The lowest BCUT2D eigenvalue weighted by Gasteiger charge is -2.16. The van der Waals surface area contributed by atoms with Crippen LogP contribution in [0.5, 0.6) is 5.75 Å². The Bertz CT molecular complexity index is 614. The van der Waals surface area contributed by atoms with Gasteiger partial charge in [-0.25, -0.2) is 0 Å². The molecule has 0 fully saturated rings. The van der Waals surface area contributed by atoms with Gasteiger partial charge in [-0.1, -0.05) is 28.1 Å². The molecule has 5 heteroatoms. The van der Waals surface area contributed by atoms with Gasteiger partial charge in [-0.3, -0.25) is 4.79 Å². The molecule has 110 valence electrons. The molecule has 0 heterocycles. The van der Waals surface area contributed by atoms with E-state index < -0.39 is 0 Å². The molecule has 0 saturated carbocycles. The van der Waals surface area contributed by atoms with Gasteiger partial charge in [0.05, 0.1) is 12.8 Å². The summed E-state index contributed by atoms with van der Waals surface area (Å²) < 4.78 is 6.22. The van der Waals surface area contributed by atoms with Crippen LogP contribution in [0, 0.1) is 0 Å². The van der Waals surface area contributed by atoms with Crippen LogP contribution in [0.4, 0.5) is 11.4 Å². The van der Waals surface area contributed by atoms with Gasteiger partial charge in [0.15, 0.2) is 0 Å². The van der Waals surface area contributed by atoms with E-state index in [1.54, 1.807) is 7.11 Å². The molecular weight excluding hydrogens is 332 g/mol. The van der Waals surface area contributed by atoms with E-state index in [0.717, 1.165) is 10.2 Å². The molecule has 0 spiro atoms. The molecule has 2 N–H and O–H groups in total. The fourth-order valence-corrected chi connectivity index (χ4v) is 2.11. The summed E-state index contributed by atoms with van der Waals surface area (Å²) >= 11 is 3.38. The zero-order valence-electron chi connectivity index (χ0n) is 11.9. The van der Waals surface area contributed by atoms with E-state index in [2.05, 4.69) is 26.6 Å². The van der Waals surface area contributed by atoms with Crippen LogP contribution in [0.25, 0.3) is 0 Å². The Morgan fingerprint density at radius 2 is 1.81 bits per heavy atom. The summed E-state index contributed by atoms with van der Waals surface area (Å²) in [6.07, 6.45) is 0. The van der Waals surface area contributed by atoms with Gasteiger partial charge in [0.25, 0.3) is 0 Å². The zero-order chi connectivity index (χ0) is 15.2. The van der Waals surface area contributed by atoms with Gasteiger partial charge >= 0.3 is 0 Å². The minimum absolute atomic E-state index is 0.123. The van der Waals surface area contributed by atoms with Crippen molar-refractivity contribution in [2.45, 2.75) is 13.0 Å². The zero-order valence-corrected chi connectivity index (χ0v) is 13.5. The molecule has 2 aromatic rings. The minimum atomic E-state index is -0.365. The Labute approximate surface area is 132 Å². The number of hydrogen-bond acceptors (Lipinski definition) is 3. The molecule has 2 rings (SSSR count). The fraction of sp³-hybridized carbons (Fsp3) is 0.188. The molecule has 21 heavy (non-hydrogen) atoms. The maximum absolute atomic E-state index is 12.2. The number of amides is 1. The number of nitrogens with one attached hydrogen (secondary N) is 2. The summed E-state index contributed by atoms with van der Waals surface area (Å²) in [4.78, 5) is 12.2. The number of ether oxygens (including phenoxy) is 1. The van der Waals surface area contributed by atoms with Crippen LogP contribution in [0.3, 0.4) is 0 Å². The number of rotatable bonds is 5. The van der Waals surface area contributed by atoms with Crippen LogP contribution in [-0.2, 0) is 4.79 Å². The highest BCUT2D eigenvalue weighted by atomic mass is 79.9. The van der Waals surface area contributed by atoms with Gasteiger partial charge in [0.2, 0.25) is 5.91 Å². The van der Waals surface area contributed by atoms with Crippen molar-refractivity contribution >= 4 is 33.2 Å². The Kier molecular flexibility index (Phi) is 5.22. The second-order valence-corrected chi connectivity index (χ2v) is 5.48. The van der Waals surface area contributed by atoms with Gasteiger partial charge in [-0.2, -0.15) is 0 Å². The number of hydrogen-bond donors (Lipinski definition) is 2. The van der Waals surface area contributed by atoms with Gasteiger partial charge < -0.3 is 15.4 Å². The largest absolute Gasteiger partial charge is 0.495 e. The van der Waals surface area contributed by atoms with Crippen molar-refractivity contribution in [2.24, 2.45) is 0 Å². The third-order valence-corrected chi connectivity index (χ3v) is 3.51. The normalized spacial score (nSPS) is 11.6. The summed E-state index contributed by atoms with van der Waals surface area (Å²) in [5.41, 5.74) is 1.55. The Hall–Kier alpha value is -2.01. The monoisotopic (exact) mass is 348 g/mol. The first-order valence-electron chi connectivity index (χ1n) is 6.56. The highest BCUT2D eigenvalue weighted by molar-refractivity contribution is 9.10. The van der Waals surface area contributed by atoms with E-state index in [1.165, 1.54) is 0 Å². The van der Waals surface area contributed by atoms with Crippen LogP contribution in [0.15, 0.2) is 53.0 Å². The van der Waals surface area contributed by atoms with E-state index in [4.69, 9.17) is 4.74 Å². The number of halogens is 1. The number of carbonyl (C=O) groups is 1. The molecule has 0 aliphatic rings. The second-order valence-electron chi connectivity index (χ2n) is 4.56. The number of carbonyl (C=O) groups excluding carboxylic acids is 1. The first kappa shape index (κ1) is 15.4. The molecule has 1 amide bonds. The molecule has 0 bridgehead atoms. The number of para-hydroxylation sites is 2. The maximum Gasteiger partial charge on any atom is 0.246 e. The van der Waals surface area contributed by atoms with Crippen molar-refractivity contribution in [2.75, 3.05) is 17.7 Å². The summed E-state index contributed by atoms with van der Waals surface area (Å²) in [6.45, 7) is 1.81. The Morgan fingerprint density at radius 3 is 2.48 bits per heavy atom. The van der Waals surface area contributed by atoms with Gasteiger partial charge in [0.1, 0.15) is 11.8 Å². The van der Waals surface area contributed by atoms with Crippen molar-refractivity contribution in [1.82, 2.24) is 0 Å². The first-order valence-corrected chi connectivity index (χ1v) is 7.35. The SMILES string of the molecule is COc1ccccc1NC(=O)C(C)Nc1ccc(Br)cc1. The quantitative estimate of drug-likeness (QED) is 0.861. The molecular formula is C16H17BrN2O2. The Balaban J connectivity index is 2.01. The topological polar surface area (TPSA) is 50.4 Å². The predicted molar refractivity (Wildman–Crippen MR) is 88.9 cm³/mol. The first-order chi connectivity index (χ1) is 10.1. The van der Waals surface area contributed by atoms with Crippen LogP contribution in [-0.4, -0.2) is 19.1 Å². The summed E-state index contributed by atoms with van der Waals surface area (Å²) in [7, 11) is 1.58. The molecule has 0 aromatic heterocycles. The average molecular weight is 349 g/mol. The lowest BCUT2D eigenvalue weighted by Crippen LogP contribution is -2.31. The highest BCUT2D eigenvalue weighted by Gasteiger charge is 2.14. The predicted octanol–water partition coefficient (Wildman–Crippen LogP) is 3.90. The van der Waals surface area contributed by atoms with E-state index in [-0.39, 0.29) is 11.9 Å². The molecule has 0 radical (unpaired) electrons. The van der Waals surface area contributed by atoms with E-state index in [0.29, 0.717) is 11.4 Å². The molecule has 0 aliphatic carbocycles. The fourth-order valence-electron chi connectivity index (χ4n) is 1.85. The molecule has 1 unspecified atom stereocenters. The minimum Gasteiger partial charge on any atom is -0.495 e.